The molecule has 5 heteroatoms. The van der Waals surface area contributed by atoms with Crippen LogP contribution in [-0.2, 0) is 7.05 Å². The number of hydrogen-bond acceptors (Lipinski definition) is 3. The van der Waals surface area contributed by atoms with Crippen LogP contribution in [0.2, 0.25) is 0 Å². The highest BCUT2D eigenvalue weighted by molar-refractivity contribution is 6.07. The van der Waals surface area contributed by atoms with Crippen molar-refractivity contribution in [3.8, 4) is 0 Å². The van der Waals surface area contributed by atoms with E-state index >= 15 is 0 Å². The molecule has 0 unspecified atom stereocenters. The number of aryl methyl sites for hydroxylation is 1. The summed E-state index contributed by atoms with van der Waals surface area (Å²) in [5, 5.41) is 5.51. The molecule has 0 amide bonds. The fourth-order valence-corrected chi connectivity index (χ4v) is 1.81. The minimum Gasteiger partial charge on any atom is -0.307 e. The number of nitrogens with zero attached hydrogens (tertiary/aromatic N) is 3. The molecule has 1 aromatic carbocycles. The van der Waals surface area contributed by atoms with E-state index in [1.54, 1.807) is 0 Å². The molecule has 1 heterocycles. The second-order valence-corrected chi connectivity index (χ2v) is 4.21. The number of hydrogen-bond donors (Lipinski definition) is 2. The summed E-state index contributed by atoms with van der Waals surface area (Å²) >= 11 is 0. The van der Waals surface area contributed by atoms with E-state index in [0.717, 1.165) is 16.6 Å². The largest absolute Gasteiger partial charge is 0.307 e. The maximum absolute atomic E-state index is 5.52. The molecule has 0 aliphatic carbocycles. The second-order valence-electron chi connectivity index (χ2n) is 4.21. The fraction of sp³-hybridized carbons (Fsp3) is 0.333. The Bertz CT molecular complexity index is 553. The van der Waals surface area contributed by atoms with Crippen LogP contribution in [0.1, 0.15) is 19.5 Å². The number of aliphatic imine (C=N–C) groups is 1. The van der Waals surface area contributed by atoms with Crippen molar-refractivity contribution in [3.05, 3.63) is 30.0 Å². The minimum atomic E-state index is 0.168. The van der Waals surface area contributed by atoms with Gasteiger partial charge in [0.15, 0.2) is 5.84 Å². The lowest BCUT2D eigenvalue weighted by atomic mass is 10.2. The van der Waals surface area contributed by atoms with Gasteiger partial charge in [0.2, 0.25) is 0 Å². The van der Waals surface area contributed by atoms with Gasteiger partial charge in [-0.25, -0.2) is 5.84 Å². The summed E-state index contributed by atoms with van der Waals surface area (Å²) in [4.78, 5) is 4.43. The van der Waals surface area contributed by atoms with Crippen molar-refractivity contribution in [3.63, 3.8) is 0 Å². The monoisotopic (exact) mass is 231 g/mol. The van der Waals surface area contributed by atoms with E-state index in [2.05, 4.69) is 15.5 Å². The van der Waals surface area contributed by atoms with Gasteiger partial charge in [0.25, 0.3) is 0 Å². The molecule has 2 aromatic rings. The lowest BCUT2D eigenvalue weighted by Gasteiger charge is -2.05. The summed E-state index contributed by atoms with van der Waals surface area (Å²) < 4.78 is 1.83. The van der Waals surface area contributed by atoms with Gasteiger partial charge in [-0.1, -0.05) is 18.2 Å². The van der Waals surface area contributed by atoms with Crippen LogP contribution in [0.3, 0.4) is 0 Å². The van der Waals surface area contributed by atoms with Gasteiger partial charge in [-0.15, -0.1) is 0 Å². The summed E-state index contributed by atoms with van der Waals surface area (Å²) in [6, 6.07) is 8.18. The van der Waals surface area contributed by atoms with E-state index in [9.17, 15) is 0 Å². The number of para-hydroxylation sites is 1. The Labute approximate surface area is 100 Å². The number of aromatic nitrogens is 2. The van der Waals surface area contributed by atoms with E-state index in [4.69, 9.17) is 5.84 Å². The first-order valence-corrected chi connectivity index (χ1v) is 5.60. The topological polar surface area (TPSA) is 68.2 Å². The maximum Gasteiger partial charge on any atom is 0.164 e. The van der Waals surface area contributed by atoms with Crippen LogP contribution in [0.5, 0.6) is 0 Å². The summed E-state index contributed by atoms with van der Waals surface area (Å²) in [5.74, 6) is 6.15. The number of rotatable bonds is 2. The zero-order valence-corrected chi connectivity index (χ0v) is 10.3. The molecule has 0 saturated heterocycles. The third-order valence-electron chi connectivity index (χ3n) is 2.51. The molecule has 2 rings (SSSR count). The molecule has 0 spiro atoms. The molecular weight excluding hydrogens is 214 g/mol. The Morgan fingerprint density at radius 3 is 2.76 bits per heavy atom. The van der Waals surface area contributed by atoms with Gasteiger partial charge in [-0.2, -0.15) is 5.10 Å². The zero-order chi connectivity index (χ0) is 12.4. The van der Waals surface area contributed by atoms with E-state index in [-0.39, 0.29) is 6.04 Å². The van der Waals surface area contributed by atoms with E-state index in [0.29, 0.717) is 5.84 Å². The molecule has 0 aliphatic rings. The van der Waals surface area contributed by atoms with Crippen LogP contribution in [0.4, 0.5) is 0 Å². The Morgan fingerprint density at radius 1 is 1.41 bits per heavy atom. The molecule has 17 heavy (non-hydrogen) atoms. The van der Waals surface area contributed by atoms with Crippen molar-refractivity contribution in [1.82, 2.24) is 15.2 Å². The first-order chi connectivity index (χ1) is 8.13. The van der Waals surface area contributed by atoms with Gasteiger partial charge < -0.3 is 5.43 Å². The van der Waals surface area contributed by atoms with Crippen molar-refractivity contribution in [2.45, 2.75) is 19.9 Å². The molecule has 0 bridgehead atoms. The van der Waals surface area contributed by atoms with E-state index in [1.807, 2.05) is 49.8 Å². The quantitative estimate of drug-likeness (QED) is 0.353. The second kappa shape index (κ2) is 4.55. The molecule has 0 saturated carbocycles. The van der Waals surface area contributed by atoms with Crippen molar-refractivity contribution >= 4 is 16.7 Å². The Kier molecular flexibility index (Phi) is 3.10. The zero-order valence-electron chi connectivity index (χ0n) is 10.3. The van der Waals surface area contributed by atoms with Crippen LogP contribution < -0.4 is 11.3 Å². The van der Waals surface area contributed by atoms with Crippen LogP contribution in [-0.4, -0.2) is 21.7 Å². The molecule has 0 atom stereocenters. The molecule has 1 aromatic heterocycles. The highest BCUT2D eigenvalue weighted by atomic mass is 15.3. The number of benzene rings is 1. The van der Waals surface area contributed by atoms with Crippen LogP contribution in [0, 0.1) is 0 Å². The van der Waals surface area contributed by atoms with Gasteiger partial charge in [-0.3, -0.25) is 9.67 Å². The number of hydrazine groups is 1. The maximum atomic E-state index is 5.52. The first kappa shape index (κ1) is 11.6. The van der Waals surface area contributed by atoms with Crippen molar-refractivity contribution in [2.24, 2.45) is 17.9 Å². The van der Waals surface area contributed by atoms with Gasteiger partial charge in [-0.05, 0) is 19.9 Å². The molecule has 0 radical (unpaired) electrons. The third kappa shape index (κ3) is 2.14. The van der Waals surface area contributed by atoms with E-state index in [1.165, 1.54) is 0 Å². The van der Waals surface area contributed by atoms with Crippen molar-refractivity contribution < 1.29 is 0 Å². The smallest absolute Gasteiger partial charge is 0.164 e. The Hall–Kier alpha value is -1.88. The normalized spacial score (nSPS) is 12.4. The molecule has 0 fully saturated rings. The highest BCUT2D eigenvalue weighted by Gasteiger charge is 2.13. The summed E-state index contributed by atoms with van der Waals surface area (Å²) in [6.45, 7) is 4.00. The third-order valence-corrected chi connectivity index (χ3v) is 2.51. The summed E-state index contributed by atoms with van der Waals surface area (Å²) in [7, 11) is 1.91. The SMILES string of the molecule is CC(C)N=C(NN)c1nn(C)c2ccccc12. The average molecular weight is 231 g/mol. The van der Waals surface area contributed by atoms with Gasteiger partial charge >= 0.3 is 0 Å². The molecule has 90 valence electrons. The van der Waals surface area contributed by atoms with Gasteiger partial charge in [0, 0.05) is 18.5 Å². The summed E-state index contributed by atoms with van der Waals surface area (Å²) in [5.41, 5.74) is 4.48. The summed E-state index contributed by atoms with van der Waals surface area (Å²) in [6.07, 6.45) is 0. The van der Waals surface area contributed by atoms with Crippen LogP contribution >= 0.6 is 0 Å². The molecular formula is C12H17N5. The Morgan fingerprint density at radius 2 is 2.12 bits per heavy atom. The standard InChI is InChI=1S/C12H17N5/c1-8(2)14-12(15-13)11-9-6-4-5-7-10(9)17(3)16-11/h4-8H,13H2,1-3H3,(H,14,15). The molecule has 5 nitrogen and oxygen atoms in total. The molecule has 0 aliphatic heterocycles. The predicted molar refractivity (Wildman–Crippen MR) is 69.7 cm³/mol. The van der Waals surface area contributed by atoms with E-state index < -0.39 is 0 Å². The lowest BCUT2D eigenvalue weighted by molar-refractivity contribution is 0.781. The fourth-order valence-electron chi connectivity index (χ4n) is 1.81. The van der Waals surface area contributed by atoms with Crippen LogP contribution in [0.15, 0.2) is 29.3 Å². The average Bonchev–Trinajstić information content (AvgIpc) is 2.64. The minimum absolute atomic E-state index is 0.168. The lowest BCUT2D eigenvalue weighted by Crippen LogP contribution is -2.32. The highest BCUT2D eigenvalue weighted by Crippen LogP contribution is 2.17. The van der Waals surface area contributed by atoms with Crippen LogP contribution in [0.25, 0.3) is 10.9 Å². The predicted octanol–water partition coefficient (Wildman–Crippen LogP) is 1.19. The van der Waals surface area contributed by atoms with Gasteiger partial charge in [0.1, 0.15) is 5.69 Å². The van der Waals surface area contributed by atoms with Gasteiger partial charge in [0.05, 0.1) is 5.52 Å². The van der Waals surface area contributed by atoms with Crippen molar-refractivity contribution in [2.75, 3.05) is 0 Å². The number of amidine groups is 1. The Balaban J connectivity index is 2.62. The first-order valence-electron chi connectivity index (χ1n) is 5.60. The number of nitrogens with one attached hydrogen (secondary N) is 1. The number of nitrogens with two attached hydrogens (primary N) is 1. The number of fused-ring (bicyclic) bond motifs is 1. The van der Waals surface area contributed by atoms with Crippen molar-refractivity contribution in [1.29, 1.82) is 0 Å². The molecule has 3 N–H and O–H groups in total.